The molecule has 7 heteroatoms. The minimum atomic E-state index is -0.910. The first-order valence-corrected chi connectivity index (χ1v) is 6.97. The smallest absolute Gasteiger partial charge is 0.336 e. The van der Waals surface area contributed by atoms with Crippen molar-refractivity contribution in [3.05, 3.63) is 68.6 Å². The van der Waals surface area contributed by atoms with Gasteiger partial charge in [0.1, 0.15) is 0 Å². The van der Waals surface area contributed by atoms with Crippen molar-refractivity contribution in [1.82, 2.24) is 0 Å². The summed E-state index contributed by atoms with van der Waals surface area (Å²) in [5.74, 6) is -1.82. The predicted molar refractivity (Wildman–Crippen MR) is 82.2 cm³/mol. The molecule has 0 saturated heterocycles. The molecule has 0 bridgehead atoms. The zero-order chi connectivity index (χ0) is 15.1. The number of benzene rings is 2. The first-order valence-electron chi connectivity index (χ1n) is 5.39. The molecule has 0 aliphatic rings. The molecule has 106 valence electrons. The zero-order valence-corrected chi connectivity index (χ0v) is 16.9. The maximum absolute atomic E-state index is 10.4. The van der Waals surface area contributed by atoms with Gasteiger partial charge in [0.25, 0.3) is 0 Å². The van der Waals surface area contributed by atoms with Gasteiger partial charge < -0.3 is 10.2 Å². The second-order valence-corrected chi connectivity index (χ2v) is 5.28. The van der Waals surface area contributed by atoms with Crippen molar-refractivity contribution < 1.29 is 39.3 Å². The summed E-state index contributed by atoms with van der Waals surface area (Å²) in [5, 5.41) is 17.1. The van der Waals surface area contributed by atoms with E-state index in [9.17, 15) is 9.59 Å². The van der Waals surface area contributed by atoms with Crippen LogP contribution in [0, 0.1) is 0 Å². The quantitative estimate of drug-likeness (QED) is 0.647. The fourth-order valence-electron chi connectivity index (χ4n) is 1.27. The van der Waals surface area contributed by atoms with Crippen LogP contribution in [0.1, 0.15) is 20.7 Å². The van der Waals surface area contributed by atoms with Crippen LogP contribution in [0.15, 0.2) is 57.5 Å². The molecule has 0 atom stereocenters. The van der Waals surface area contributed by atoms with Gasteiger partial charge in [0.15, 0.2) is 0 Å². The number of hydrogen-bond donors (Lipinski definition) is 2. The summed E-state index contributed by atoms with van der Waals surface area (Å²) in [6, 6.07) is 13.4. The number of carbonyl (C=O) groups is 2. The van der Waals surface area contributed by atoms with E-state index in [2.05, 4.69) is 31.9 Å². The summed E-state index contributed by atoms with van der Waals surface area (Å²) in [4.78, 5) is 20.8. The summed E-state index contributed by atoms with van der Waals surface area (Å²) in [6.45, 7) is 0. The van der Waals surface area contributed by atoms with Crippen molar-refractivity contribution in [1.29, 1.82) is 0 Å². The fraction of sp³-hybridized carbons (Fsp3) is 0. The number of hydrogen-bond acceptors (Lipinski definition) is 2. The van der Waals surface area contributed by atoms with Crippen LogP contribution in [-0.2, 0) is 19.5 Å². The number of rotatable bonds is 2. The topological polar surface area (TPSA) is 74.6 Å². The molecule has 0 spiro atoms. The third-order valence-electron chi connectivity index (χ3n) is 2.21. The minimum absolute atomic E-state index is 0. The Balaban J connectivity index is 0.000000364. The van der Waals surface area contributed by atoms with Crippen molar-refractivity contribution in [3.8, 4) is 0 Å². The third kappa shape index (κ3) is 6.50. The van der Waals surface area contributed by atoms with Crippen LogP contribution in [0.4, 0.5) is 0 Å². The molecule has 0 amide bonds. The summed E-state index contributed by atoms with van der Waals surface area (Å²) in [7, 11) is 0. The average Bonchev–Trinajstić information content (AvgIpc) is 2.40. The summed E-state index contributed by atoms with van der Waals surface area (Å²) in [5.41, 5.74) is 0.588. The van der Waals surface area contributed by atoms with Crippen LogP contribution in [0.25, 0.3) is 0 Å². The molecule has 2 aromatic carbocycles. The van der Waals surface area contributed by atoms with Crippen LogP contribution >= 0.6 is 31.9 Å². The van der Waals surface area contributed by atoms with Gasteiger partial charge in [0.05, 0.1) is 11.1 Å². The third-order valence-corrected chi connectivity index (χ3v) is 3.59. The van der Waals surface area contributed by atoms with Gasteiger partial charge >= 0.3 is 11.9 Å². The number of carboxylic acid groups (broad SMARTS) is 2. The van der Waals surface area contributed by atoms with Crippen molar-refractivity contribution in [2.45, 2.75) is 0 Å². The minimum Gasteiger partial charge on any atom is -0.478 e. The molecule has 2 aromatic rings. The standard InChI is InChI=1S/2C7H5BrO2.Zn/c2*8-6-4-2-1-3-5(6)7(9)10;/h2*1-4H,(H,9,10);. The van der Waals surface area contributed by atoms with Crippen molar-refractivity contribution in [2.24, 2.45) is 0 Å². The van der Waals surface area contributed by atoms with E-state index < -0.39 is 11.9 Å². The number of aromatic carboxylic acids is 2. The maximum Gasteiger partial charge on any atom is 0.336 e. The van der Waals surface area contributed by atoms with E-state index in [0.717, 1.165) is 0 Å². The van der Waals surface area contributed by atoms with Gasteiger partial charge in [0, 0.05) is 28.4 Å². The molecule has 0 aliphatic carbocycles. The Morgan fingerprint density at radius 3 is 1.19 bits per heavy atom. The summed E-state index contributed by atoms with van der Waals surface area (Å²) >= 11 is 6.23. The molecule has 2 rings (SSSR count). The summed E-state index contributed by atoms with van der Waals surface area (Å²) in [6.07, 6.45) is 0. The second-order valence-electron chi connectivity index (χ2n) is 3.57. The van der Waals surface area contributed by atoms with Crippen LogP contribution in [0.5, 0.6) is 0 Å². The van der Waals surface area contributed by atoms with E-state index >= 15 is 0 Å². The number of halogens is 2. The van der Waals surface area contributed by atoms with Gasteiger partial charge in [-0.2, -0.15) is 0 Å². The zero-order valence-electron chi connectivity index (χ0n) is 10.8. The predicted octanol–water partition coefficient (Wildman–Crippen LogP) is 4.29. The Morgan fingerprint density at radius 2 is 1.00 bits per heavy atom. The van der Waals surface area contributed by atoms with Gasteiger partial charge in [0.2, 0.25) is 0 Å². The van der Waals surface area contributed by atoms with Gasteiger partial charge in [-0.15, -0.1) is 0 Å². The molecule has 0 unspecified atom stereocenters. The van der Waals surface area contributed by atoms with Gasteiger partial charge in [-0.3, -0.25) is 0 Å². The van der Waals surface area contributed by atoms with E-state index in [1.807, 2.05) is 0 Å². The largest absolute Gasteiger partial charge is 0.478 e. The molecular formula is C14H10Br2O4Zn. The first-order chi connectivity index (χ1) is 9.43. The molecule has 21 heavy (non-hydrogen) atoms. The fourth-order valence-corrected chi connectivity index (χ4v) is 2.18. The van der Waals surface area contributed by atoms with Crippen LogP contribution in [-0.4, -0.2) is 22.2 Å². The monoisotopic (exact) mass is 464 g/mol. The Morgan fingerprint density at radius 1 is 0.714 bits per heavy atom. The molecule has 0 fully saturated rings. The Labute approximate surface area is 151 Å². The van der Waals surface area contributed by atoms with Crippen LogP contribution in [0.3, 0.4) is 0 Å². The molecule has 2 N–H and O–H groups in total. The van der Waals surface area contributed by atoms with Crippen LogP contribution < -0.4 is 0 Å². The van der Waals surface area contributed by atoms with Gasteiger partial charge in [-0.1, -0.05) is 24.3 Å². The number of carboxylic acids is 2. The van der Waals surface area contributed by atoms with Gasteiger partial charge in [-0.05, 0) is 56.1 Å². The Bertz CT molecular complexity index is 576. The summed E-state index contributed by atoms with van der Waals surface area (Å²) < 4.78 is 1.23. The molecule has 0 aromatic heterocycles. The van der Waals surface area contributed by atoms with Gasteiger partial charge in [-0.25, -0.2) is 9.59 Å². The normalized spacial score (nSPS) is 8.86. The molecule has 4 nitrogen and oxygen atoms in total. The van der Waals surface area contributed by atoms with E-state index in [1.165, 1.54) is 0 Å². The van der Waals surface area contributed by atoms with E-state index in [4.69, 9.17) is 10.2 Å². The van der Waals surface area contributed by atoms with Crippen LogP contribution in [0.2, 0.25) is 0 Å². The maximum atomic E-state index is 10.4. The van der Waals surface area contributed by atoms with E-state index in [-0.39, 0.29) is 19.5 Å². The van der Waals surface area contributed by atoms with E-state index in [1.54, 1.807) is 48.5 Å². The molecule has 0 radical (unpaired) electrons. The molecule has 0 heterocycles. The Hall–Kier alpha value is -1.04. The molecule has 0 aliphatic heterocycles. The Kier molecular flexibility index (Phi) is 9.33. The molecular weight excluding hydrogens is 457 g/mol. The van der Waals surface area contributed by atoms with E-state index in [0.29, 0.717) is 20.1 Å². The first kappa shape index (κ1) is 20.0. The van der Waals surface area contributed by atoms with Crippen molar-refractivity contribution >= 4 is 43.8 Å². The molecule has 0 saturated carbocycles. The average molecular weight is 467 g/mol. The second kappa shape index (κ2) is 9.82. The van der Waals surface area contributed by atoms with Crippen molar-refractivity contribution in [3.63, 3.8) is 0 Å². The van der Waals surface area contributed by atoms with Crippen molar-refractivity contribution in [2.75, 3.05) is 0 Å². The SMILES string of the molecule is O=C(O)c1ccccc1Br.O=C(O)c1ccccc1Br.[Zn].